The molecule has 4 aromatic carbocycles. The molecule has 4 heterocycles. The molecule has 0 saturated carbocycles. The maximum atomic E-state index is 11.2. The first kappa shape index (κ1) is 31.9. The first-order valence-corrected chi connectivity index (χ1v) is 16.4. The minimum Gasteiger partial charge on any atom is -0.493 e. The summed E-state index contributed by atoms with van der Waals surface area (Å²) in [6, 6.07) is 25.5. The van der Waals surface area contributed by atoms with E-state index in [0.717, 1.165) is 33.3 Å². The Morgan fingerprint density at radius 1 is 0.608 bits per heavy atom. The molecule has 0 aliphatic rings. The maximum Gasteiger partial charge on any atom is 0.234 e. The molecule has 0 fully saturated rings. The quantitative estimate of drug-likeness (QED) is 0.136. The van der Waals surface area contributed by atoms with E-state index in [9.17, 15) is 10.2 Å². The van der Waals surface area contributed by atoms with Crippen molar-refractivity contribution in [2.75, 3.05) is 0 Å². The summed E-state index contributed by atoms with van der Waals surface area (Å²) in [6.45, 7) is 13.3. The highest BCUT2D eigenvalue weighted by atomic mass is 35.5. The Labute approximate surface area is 300 Å². The van der Waals surface area contributed by atoms with E-state index < -0.39 is 0 Å². The highest BCUT2D eigenvalue weighted by Gasteiger charge is 2.21. The van der Waals surface area contributed by atoms with Gasteiger partial charge in [0.2, 0.25) is 17.4 Å². The summed E-state index contributed by atoms with van der Waals surface area (Å²) >= 11 is 13.3. The number of halogens is 2. The number of aromatic hydroxyl groups is 2. The van der Waals surface area contributed by atoms with E-state index in [0.29, 0.717) is 55.0 Å². The molecule has 0 bridgehead atoms. The lowest BCUT2D eigenvalue weighted by Crippen LogP contribution is -1.94. The number of azo groups is 2. The maximum absolute atomic E-state index is 11.2. The van der Waals surface area contributed by atoms with Gasteiger partial charge in [0.15, 0.2) is 0 Å². The van der Waals surface area contributed by atoms with Crippen molar-refractivity contribution in [2.45, 2.75) is 20.8 Å². The molecular formula is C38H25Cl2N9O2. The van der Waals surface area contributed by atoms with Crippen molar-refractivity contribution in [1.82, 2.24) is 18.8 Å². The van der Waals surface area contributed by atoms with Gasteiger partial charge < -0.3 is 10.2 Å². The Bertz CT molecular complexity index is 2870. The number of nitrogens with zero attached hydrogens (tertiary/aromatic N) is 9. The van der Waals surface area contributed by atoms with E-state index in [2.05, 4.69) is 35.3 Å². The third-order valence-corrected chi connectivity index (χ3v) is 9.61. The summed E-state index contributed by atoms with van der Waals surface area (Å²) < 4.78 is 3.19. The van der Waals surface area contributed by atoms with Crippen LogP contribution in [0, 0.1) is 27.3 Å². The van der Waals surface area contributed by atoms with Crippen LogP contribution in [-0.2, 0) is 0 Å². The summed E-state index contributed by atoms with van der Waals surface area (Å²) in [7, 11) is 0. The molecule has 8 aromatic rings. The van der Waals surface area contributed by atoms with Gasteiger partial charge in [-0.3, -0.25) is 8.80 Å². The molecule has 8 rings (SSSR count). The van der Waals surface area contributed by atoms with Crippen LogP contribution in [0.3, 0.4) is 0 Å². The van der Waals surface area contributed by atoms with E-state index in [1.807, 2.05) is 74.5 Å². The third-order valence-electron chi connectivity index (χ3n) is 9.00. The van der Waals surface area contributed by atoms with Crippen LogP contribution in [0.5, 0.6) is 11.8 Å². The lowest BCUT2D eigenvalue weighted by molar-refractivity contribution is 0.448. The van der Waals surface area contributed by atoms with E-state index in [4.69, 9.17) is 29.8 Å². The van der Waals surface area contributed by atoms with E-state index in [1.165, 1.54) is 4.40 Å². The number of hydrogen-bond acceptors (Lipinski definition) is 8. The number of aryl methyl sites for hydroxylation is 1. The molecule has 0 radical (unpaired) electrons. The van der Waals surface area contributed by atoms with Gasteiger partial charge in [0.05, 0.1) is 38.7 Å². The Morgan fingerprint density at radius 2 is 1.08 bits per heavy atom. The van der Waals surface area contributed by atoms with Crippen LogP contribution in [0.2, 0.25) is 10.0 Å². The fraction of sp³-hybridized carbons (Fsp3) is 0.0789. The lowest BCUT2D eigenvalue weighted by Gasteiger charge is -2.10. The molecule has 11 nitrogen and oxygen atoms in total. The third kappa shape index (κ3) is 5.12. The lowest BCUT2D eigenvalue weighted by atomic mass is 10.1. The van der Waals surface area contributed by atoms with Gasteiger partial charge in [-0.05, 0) is 97.1 Å². The van der Waals surface area contributed by atoms with Crippen molar-refractivity contribution in [3.63, 3.8) is 0 Å². The Hall–Kier alpha value is -6.35. The van der Waals surface area contributed by atoms with Gasteiger partial charge in [-0.1, -0.05) is 59.6 Å². The molecular weight excluding hydrogens is 685 g/mol. The minimum absolute atomic E-state index is 0.0573. The largest absolute Gasteiger partial charge is 0.493 e. The molecule has 0 spiro atoms. The highest BCUT2D eigenvalue weighted by Crippen LogP contribution is 2.43. The second kappa shape index (κ2) is 12.2. The van der Waals surface area contributed by atoms with Gasteiger partial charge in [-0.25, -0.2) is 14.8 Å². The van der Waals surface area contributed by atoms with Crippen molar-refractivity contribution >= 4 is 85.0 Å². The number of fused-ring (bicyclic) bond motifs is 6. The van der Waals surface area contributed by atoms with Crippen LogP contribution in [-0.4, -0.2) is 29.0 Å². The molecule has 13 heteroatoms. The van der Waals surface area contributed by atoms with Crippen molar-refractivity contribution < 1.29 is 10.2 Å². The summed E-state index contributed by atoms with van der Waals surface area (Å²) in [4.78, 5) is 12.9. The van der Waals surface area contributed by atoms with Crippen LogP contribution < -0.4 is 0 Å². The summed E-state index contributed by atoms with van der Waals surface area (Å²) in [6.07, 6.45) is 0. The minimum atomic E-state index is -0.178. The summed E-state index contributed by atoms with van der Waals surface area (Å²) in [5.41, 5.74) is 8.99. The second-order valence-corrected chi connectivity index (χ2v) is 12.7. The van der Waals surface area contributed by atoms with Gasteiger partial charge in [0.1, 0.15) is 34.0 Å². The number of imidazole rings is 2. The second-order valence-electron chi connectivity index (χ2n) is 11.9. The average molecular weight is 711 g/mol. The fourth-order valence-electron chi connectivity index (χ4n) is 6.18. The topological polar surface area (TPSA) is 129 Å². The van der Waals surface area contributed by atoms with E-state index in [1.54, 1.807) is 35.6 Å². The Morgan fingerprint density at radius 3 is 1.59 bits per heavy atom. The zero-order valence-corrected chi connectivity index (χ0v) is 28.8. The predicted molar refractivity (Wildman–Crippen MR) is 199 cm³/mol. The Kier molecular flexibility index (Phi) is 7.63. The van der Waals surface area contributed by atoms with Gasteiger partial charge in [-0.15, -0.1) is 20.5 Å². The number of benzene rings is 4. The standard InChI is InChI=1S/C38H25Cl2N9O2/c1-19-20(2)35-42-28-9-5-7-11-30(28)48(35)37(50)33(19)46-44-26-15-13-22(17-24(26)39)23-14-16-27(25(40)18-23)45-47-34-21(3)32(41-4)36-43-29-10-6-8-12-31(29)49(36)38(34)51/h5-18,50-51H,1-3H3. The summed E-state index contributed by atoms with van der Waals surface area (Å²) in [5.74, 6) is -0.235. The van der Waals surface area contributed by atoms with Crippen LogP contribution in [0.1, 0.15) is 16.7 Å². The summed E-state index contributed by atoms with van der Waals surface area (Å²) in [5, 5.41) is 40.6. The van der Waals surface area contributed by atoms with Gasteiger partial charge in [-0.2, -0.15) is 0 Å². The molecule has 248 valence electrons. The molecule has 0 atom stereocenters. The van der Waals surface area contributed by atoms with Crippen molar-refractivity contribution in [3.05, 3.63) is 123 Å². The predicted octanol–water partition coefficient (Wildman–Crippen LogP) is 12.0. The van der Waals surface area contributed by atoms with Gasteiger partial charge >= 0.3 is 0 Å². The first-order valence-electron chi connectivity index (χ1n) is 15.7. The molecule has 0 amide bonds. The number of pyridine rings is 2. The van der Waals surface area contributed by atoms with Crippen molar-refractivity contribution in [3.8, 4) is 22.9 Å². The zero-order chi connectivity index (χ0) is 35.6. The van der Waals surface area contributed by atoms with Crippen molar-refractivity contribution in [1.29, 1.82) is 0 Å². The molecule has 0 aliphatic carbocycles. The number of rotatable bonds is 5. The molecule has 0 aliphatic heterocycles. The van der Waals surface area contributed by atoms with Crippen LogP contribution >= 0.6 is 23.2 Å². The van der Waals surface area contributed by atoms with Crippen LogP contribution in [0.4, 0.5) is 28.4 Å². The first-order chi connectivity index (χ1) is 24.7. The SMILES string of the molecule is [C-]#[N+]c1c(C)c(N=Nc2ccc(-c3ccc(N=Nc4c(C)c(C)c5nc6ccccc6n5c4O)c(Cl)c3)cc2Cl)c(O)n2c1nc1ccccc12. The fourth-order valence-corrected chi connectivity index (χ4v) is 6.62. The van der Waals surface area contributed by atoms with E-state index in [-0.39, 0.29) is 23.1 Å². The number of para-hydroxylation sites is 4. The molecule has 0 unspecified atom stereocenters. The Balaban J connectivity index is 1.09. The van der Waals surface area contributed by atoms with E-state index >= 15 is 0 Å². The zero-order valence-electron chi connectivity index (χ0n) is 27.3. The smallest absolute Gasteiger partial charge is 0.234 e. The van der Waals surface area contributed by atoms with Crippen LogP contribution in [0.15, 0.2) is 105 Å². The molecule has 2 N–H and O–H groups in total. The van der Waals surface area contributed by atoms with Crippen LogP contribution in [0.25, 0.3) is 49.3 Å². The van der Waals surface area contributed by atoms with Gasteiger partial charge in [0, 0.05) is 0 Å². The van der Waals surface area contributed by atoms with Gasteiger partial charge in [0.25, 0.3) is 0 Å². The molecule has 0 saturated heterocycles. The molecule has 51 heavy (non-hydrogen) atoms. The monoisotopic (exact) mass is 709 g/mol. The number of aromatic nitrogens is 4. The normalized spacial score (nSPS) is 12.0. The average Bonchev–Trinajstić information content (AvgIpc) is 3.71. The molecule has 4 aromatic heterocycles. The number of hydrogen-bond donors (Lipinski definition) is 2. The highest BCUT2D eigenvalue weighted by molar-refractivity contribution is 6.34. The van der Waals surface area contributed by atoms with Crippen molar-refractivity contribution in [2.24, 2.45) is 20.5 Å².